The minimum absolute atomic E-state index is 0.460. The zero-order chi connectivity index (χ0) is 12.0. The molecule has 0 aromatic carbocycles. The maximum Gasteiger partial charge on any atom is 0.134 e. The second kappa shape index (κ2) is 7.02. The largest absolute Gasteiger partial charge is 0.309 e. The van der Waals surface area contributed by atoms with Crippen LogP contribution in [0.15, 0.2) is 0 Å². The summed E-state index contributed by atoms with van der Waals surface area (Å²) >= 11 is 0. The Morgan fingerprint density at radius 2 is 2.06 bits per heavy atom. The van der Waals surface area contributed by atoms with Gasteiger partial charge in [-0.25, -0.2) is 0 Å². The van der Waals surface area contributed by atoms with Crippen LogP contribution < -0.4 is 0 Å². The van der Waals surface area contributed by atoms with Gasteiger partial charge in [0.15, 0.2) is 0 Å². The van der Waals surface area contributed by atoms with E-state index in [1.165, 1.54) is 12.8 Å². The number of carbonyl (C=O) groups excluding carboxylic acids is 1. The molecule has 0 heterocycles. The fraction of sp³-hybridized carbons (Fsp3) is 0.923. The molecule has 0 amide bonds. The van der Waals surface area contributed by atoms with E-state index in [1.54, 1.807) is 0 Å². The van der Waals surface area contributed by atoms with Crippen molar-refractivity contribution in [1.29, 1.82) is 0 Å². The third-order valence-corrected chi connectivity index (χ3v) is 3.43. The van der Waals surface area contributed by atoms with Crippen molar-refractivity contribution >= 4 is 5.78 Å². The summed E-state index contributed by atoms with van der Waals surface area (Å²) in [7, 11) is 4.22. The zero-order valence-electron chi connectivity index (χ0n) is 11.0. The molecule has 16 heavy (non-hydrogen) atoms. The minimum Gasteiger partial charge on any atom is -0.309 e. The molecule has 1 atom stereocenters. The van der Waals surface area contributed by atoms with Gasteiger partial charge in [-0.05, 0) is 53.0 Å². The Kier molecular flexibility index (Phi) is 5.99. The van der Waals surface area contributed by atoms with Crippen LogP contribution >= 0.6 is 0 Å². The highest BCUT2D eigenvalue weighted by Crippen LogP contribution is 2.20. The Hall–Kier alpha value is -0.410. The van der Waals surface area contributed by atoms with E-state index in [4.69, 9.17) is 0 Å². The molecule has 0 aromatic rings. The third kappa shape index (κ3) is 4.62. The Labute approximate surface area is 99.8 Å². The lowest BCUT2D eigenvalue weighted by Crippen LogP contribution is -2.40. The molecule has 0 aliphatic heterocycles. The molecule has 1 aliphatic rings. The molecule has 1 fully saturated rings. The highest BCUT2D eigenvalue weighted by Gasteiger charge is 2.23. The molecule has 1 saturated carbocycles. The number of hydrogen-bond acceptors (Lipinski definition) is 3. The maximum absolute atomic E-state index is 11.4. The first-order valence-electron chi connectivity index (χ1n) is 6.54. The summed E-state index contributed by atoms with van der Waals surface area (Å²) in [6.07, 6.45) is 5.10. The number of ketones is 1. The van der Waals surface area contributed by atoms with Crippen LogP contribution in [0.1, 0.15) is 39.0 Å². The Bertz CT molecular complexity index is 216. The summed E-state index contributed by atoms with van der Waals surface area (Å²) < 4.78 is 0. The van der Waals surface area contributed by atoms with E-state index in [0.29, 0.717) is 11.8 Å². The van der Waals surface area contributed by atoms with Gasteiger partial charge < -0.3 is 9.80 Å². The average molecular weight is 226 g/mol. The van der Waals surface area contributed by atoms with Gasteiger partial charge in [0.05, 0.1) is 0 Å². The van der Waals surface area contributed by atoms with E-state index in [9.17, 15) is 4.79 Å². The standard InChI is InChI=1S/C13H26N2O/c1-4-15(10-6-9-14(2)3)12-7-5-8-13(16)11-12/h12H,4-11H2,1-3H3. The van der Waals surface area contributed by atoms with Crippen molar-refractivity contribution in [3.8, 4) is 0 Å². The molecule has 0 aromatic heterocycles. The van der Waals surface area contributed by atoms with Gasteiger partial charge >= 0.3 is 0 Å². The smallest absolute Gasteiger partial charge is 0.134 e. The lowest BCUT2D eigenvalue weighted by molar-refractivity contribution is -0.122. The molecule has 1 rings (SSSR count). The van der Waals surface area contributed by atoms with Crippen LogP contribution in [0.4, 0.5) is 0 Å². The lowest BCUT2D eigenvalue weighted by Gasteiger charge is -2.33. The number of rotatable bonds is 6. The first-order chi connectivity index (χ1) is 7.63. The average Bonchev–Trinajstić information content (AvgIpc) is 2.24. The fourth-order valence-corrected chi connectivity index (χ4v) is 2.50. The van der Waals surface area contributed by atoms with Crippen molar-refractivity contribution in [3.05, 3.63) is 0 Å². The Morgan fingerprint density at radius 1 is 1.31 bits per heavy atom. The summed E-state index contributed by atoms with van der Waals surface area (Å²) in [5, 5.41) is 0. The Morgan fingerprint density at radius 3 is 2.62 bits per heavy atom. The second-order valence-electron chi connectivity index (χ2n) is 5.07. The van der Waals surface area contributed by atoms with Crippen molar-refractivity contribution in [2.75, 3.05) is 33.7 Å². The quantitative estimate of drug-likeness (QED) is 0.689. The molecule has 94 valence electrons. The molecule has 3 nitrogen and oxygen atoms in total. The Balaban J connectivity index is 2.31. The van der Waals surface area contributed by atoms with Crippen LogP contribution in [-0.4, -0.2) is 55.4 Å². The van der Waals surface area contributed by atoms with Crippen LogP contribution in [0.25, 0.3) is 0 Å². The van der Waals surface area contributed by atoms with Gasteiger partial charge in [0.2, 0.25) is 0 Å². The molecule has 0 radical (unpaired) electrons. The van der Waals surface area contributed by atoms with Crippen LogP contribution in [0.3, 0.4) is 0 Å². The predicted molar refractivity (Wildman–Crippen MR) is 67.7 cm³/mol. The first kappa shape index (κ1) is 13.7. The van der Waals surface area contributed by atoms with Crippen molar-refractivity contribution in [1.82, 2.24) is 9.80 Å². The van der Waals surface area contributed by atoms with Gasteiger partial charge in [-0.15, -0.1) is 0 Å². The van der Waals surface area contributed by atoms with Gasteiger partial charge in [-0.2, -0.15) is 0 Å². The van der Waals surface area contributed by atoms with Crippen LogP contribution in [0.2, 0.25) is 0 Å². The van der Waals surface area contributed by atoms with Crippen molar-refractivity contribution in [2.45, 2.75) is 45.1 Å². The maximum atomic E-state index is 11.4. The first-order valence-corrected chi connectivity index (χ1v) is 6.54. The number of nitrogens with zero attached hydrogens (tertiary/aromatic N) is 2. The second-order valence-corrected chi connectivity index (χ2v) is 5.07. The van der Waals surface area contributed by atoms with E-state index in [-0.39, 0.29) is 0 Å². The molecular formula is C13H26N2O. The van der Waals surface area contributed by atoms with E-state index in [1.807, 2.05) is 0 Å². The number of hydrogen-bond donors (Lipinski definition) is 0. The minimum atomic E-state index is 0.460. The summed E-state index contributed by atoms with van der Waals surface area (Å²) in [6.45, 7) is 5.55. The van der Waals surface area contributed by atoms with Crippen LogP contribution in [-0.2, 0) is 4.79 Å². The third-order valence-electron chi connectivity index (χ3n) is 3.43. The monoisotopic (exact) mass is 226 g/mol. The van der Waals surface area contributed by atoms with Gasteiger partial charge in [0.25, 0.3) is 0 Å². The van der Waals surface area contributed by atoms with Gasteiger partial charge in [0, 0.05) is 18.9 Å². The topological polar surface area (TPSA) is 23.6 Å². The number of Topliss-reactive ketones (excluding diaryl/α,β-unsaturated/α-hetero) is 1. The SMILES string of the molecule is CCN(CCCN(C)C)C1CCCC(=O)C1. The van der Waals surface area contributed by atoms with Crippen molar-refractivity contribution in [3.63, 3.8) is 0 Å². The molecule has 1 unspecified atom stereocenters. The molecular weight excluding hydrogens is 200 g/mol. The summed E-state index contributed by atoms with van der Waals surface area (Å²) in [6, 6.07) is 0.522. The van der Waals surface area contributed by atoms with E-state index >= 15 is 0 Å². The molecule has 1 aliphatic carbocycles. The van der Waals surface area contributed by atoms with E-state index in [0.717, 1.165) is 38.9 Å². The number of carbonyl (C=O) groups is 1. The summed E-state index contributed by atoms with van der Waals surface area (Å²) in [5.41, 5.74) is 0. The zero-order valence-corrected chi connectivity index (χ0v) is 11.0. The van der Waals surface area contributed by atoms with Crippen molar-refractivity contribution in [2.24, 2.45) is 0 Å². The summed E-state index contributed by atoms with van der Waals surface area (Å²) in [4.78, 5) is 16.1. The lowest BCUT2D eigenvalue weighted by atomic mass is 9.93. The fourth-order valence-electron chi connectivity index (χ4n) is 2.50. The molecule has 0 bridgehead atoms. The predicted octanol–water partition coefficient (Wildman–Crippen LogP) is 1.77. The van der Waals surface area contributed by atoms with Crippen LogP contribution in [0.5, 0.6) is 0 Å². The van der Waals surface area contributed by atoms with Gasteiger partial charge in [0.1, 0.15) is 5.78 Å². The molecule has 0 N–H and O–H groups in total. The highest BCUT2D eigenvalue weighted by atomic mass is 16.1. The molecule has 3 heteroatoms. The van der Waals surface area contributed by atoms with Gasteiger partial charge in [-0.3, -0.25) is 4.79 Å². The van der Waals surface area contributed by atoms with Crippen LogP contribution in [0, 0.1) is 0 Å². The van der Waals surface area contributed by atoms with Gasteiger partial charge in [-0.1, -0.05) is 6.92 Å². The molecule has 0 spiro atoms. The highest BCUT2D eigenvalue weighted by molar-refractivity contribution is 5.79. The summed E-state index contributed by atoms with van der Waals surface area (Å²) in [5.74, 6) is 0.460. The normalized spacial score (nSPS) is 22.1. The molecule has 0 saturated heterocycles. The van der Waals surface area contributed by atoms with E-state index in [2.05, 4.69) is 30.8 Å². The van der Waals surface area contributed by atoms with E-state index < -0.39 is 0 Å². The van der Waals surface area contributed by atoms with Crippen molar-refractivity contribution < 1.29 is 4.79 Å².